The number of halogens is 1. The molecule has 6 heteroatoms. The summed E-state index contributed by atoms with van der Waals surface area (Å²) in [6, 6.07) is 0.760. The summed E-state index contributed by atoms with van der Waals surface area (Å²) < 4.78 is 0. The van der Waals surface area contributed by atoms with Crippen LogP contribution >= 0.6 is 11.6 Å². The van der Waals surface area contributed by atoms with Gasteiger partial charge in [0.05, 0.1) is 5.02 Å². The maximum Gasteiger partial charge on any atom is 0.326 e. The van der Waals surface area contributed by atoms with Crippen LogP contribution in [0.2, 0.25) is 5.02 Å². The van der Waals surface area contributed by atoms with Crippen LogP contribution in [0.5, 0.6) is 0 Å². The van der Waals surface area contributed by atoms with Gasteiger partial charge in [0.1, 0.15) is 11.7 Å². The van der Waals surface area contributed by atoms with E-state index < -0.39 is 12.0 Å². The quantitative estimate of drug-likeness (QED) is 0.863. The summed E-state index contributed by atoms with van der Waals surface area (Å²) in [4.78, 5) is 27.7. The van der Waals surface area contributed by atoms with Crippen molar-refractivity contribution in [3.8, 4) is 0 Å². The van der Waals surface area contributed by atoms with Crippen LogP contribution in [0.1, 0.15) is 30.3 Å². The summed E-state index contributed by atoms with van der Waals surface area (Å²) in [5.74, 6) is -1.29. The Labute approximate surface area is 110 Å². The number of hydrogen-bond acceptors (Lipinski definition) is 2. The van der Waals surface area contributed by atoms with E-state index in [9.17, 15) is 14.7 Å². The molecule has 5 nitrogen and oxygen atoms in total. The SMILES string of the molecule is CC1CCCN(C(=O)c2cc(Cl)c[nH]2)C1C(=O)O. The van der Waals surface area contributed by atoms with Crippen molar-refractivity contribution >= 4 is 23.5 Å². The number of nitrogens with zero attached hydrogens (tertiary/aromatic N) is 1. The molecule has 2 N–H and O–H groups in total. The third kappa shape index (κ3) is 2.36. The normalized spacial score (nSPS) is 24.0. The van der Waals surface area contributed by atoms with E-state index in [1.807, 2.05) is 6.92 Å². The Bertz CT molecular complexity index is 472. The van der Waals surface area contributed by atoms with Gasteiger partial charge < -0.3 is 15.0 Å². The number of carboxylic acid groups (broad SMARTS) is 1. The number of aromatic nitrogens is 1. The van der Waals surface area contributed by atoms with Gasteiger partial charge in [0.15, 0.2) is 0 Å². The topological polar surface area (TPSA) is 73.4 Å². The Morgan fingerprint density at radius 1 is 1.56 bits per heavy atom. The Morgan fingerprint density at radius 3 is 2.83 bits per heavy atom. The lowest BCUT2D eigenvalue weighted by atomic mass is 9.90. The number of carbonyl (C=O) groups is 2. The number of nitrogens with one attached hydrogen (secondary N) is 1. The van der Waals surface area contributed by atoms with E-state index in [1.165, 1.54) is 17.2 Å². The molecule has 1 fully saturated rings. The smallest absolute Gasteiger partial charge is 0.326 e. The van der Waals surface area contributed by atoms with Crippen molar-refractivity contribution in [2.24, 2.45) is 5.92 Å². The van der Waals surface area contributed by atoms with Gasteiger partial charge >= 0.3 is 5.97 Å². The lowest BCUT2D eigenvalue weighted by molar-refractivity contribution is -0.145. The van der Waals surface area contributed by atoms with Gasteiger partial charge in [-0.2, -0.15) is 0 Å². The lowest BCUT2D eigenvalue weighted by Gasteiger charge is -2.37. The highest BCUT2D eigenvalue weighted by atomic mass is 35.5. The number of aromatic amines is 1. The van der Waals surface area contributed by atoms with Crippen LogP contribution in [-0.4, -0.2) is 39.5 Å². The lowest BCUT2D eigenvalue weighted by Crippen LogP contribution is -2.52. The monoisotopic (exact) mass is 270 g/mol. The molecule has 1 aliphatic rings. The van der Waals surface area contributed by atoms with Crippen molar-refractivity contribution in [1.82, 2.24) is 9.88 Å². The molecule has 2 heterocycles. The minimum absolute atomic E-state index is 0.0364. The maximum atomic E-state index is 12.2. The second-order valence-electron chi connectivity index (χ2n) is 4.63. The van der Waals surface area contributed by atoms with Crippen LogP contribution in [0.3, 0.4) is 0 Å². The summed E-state index contributed by atoms with van der Waals surface area (Å²) in [5, 5.41) is 9.69. The molecular weight excluding hydrogens is 256 g/mol. The molecule has 2 rings (SSSR count). The number of carbonyl (C=O) groups excluding carboxylic acids is 1. The van der Waals surface area contributed by atoms with Gasteiger partial charge in [-0.05, 0) is 24.8 Å². The standard InChI is InChI=1S/C12H15ClN2O3/c1-7-3-2-4-15(10(7)12(17)18)11(16)9-5-8(13)6-14-9/h5-7,10,14H,2-4H2,1H3,(H,17,18). The average Bonchev–Trinajstić information content (AvgIpc) is 2.74. The van der Waals surface area contributed by atoms with Crippen LogP contribution < -0.4 is 0 Å². The molecule has 2 unspecified atom stereocenters. The first-order chi connectivity index (χ1) is 8.50. The summed E-state index contributed by atoms with van der Waals surface area (Å²) in [5.41, 5.74) is 0.334. The minimum atomic E-state index is -0.951. The van der Waals surface area contributed by atoms with E-state index in [4.69, 9.17) is 11.6 Å². The predicted octanol–water partition coefficient (Wildman–Crippen LogP) is 1.99. The number of carboxylic acids is 1. The van der Waals surface area contributed by atoms with Gasteiger partial charge in [0.25, 0.3) is 5.91 Å². The van der Waals surface area contributed by atoms with Gasteiger partial charge in [-0.1, -0.05) is 18.5 Å². The molecular formula is C12H15ClN2O3. The van der Waals surface area contributed by atoms with Crippen molar-refractivity contribution in [1.29, 1.82) is 0 Å². The van der Waals surface area contributed by atoms with Crippen molar-refractivity contribution in [2.45, 2.75) is 25.8 Å². The molecule has 0 spiro atoms. The van der Waals surface area contributed by atoms with Crippen LogP contribution in [0.4, 0.5) is 0 Å². The zero-order valence-electron chi connectivity index (χ0n) is 10.0. The first kappa shape index (κ1) is 13.0. The van der Waals surface area contributed by atoms with Gasteiger partial charge in [-0.3, -0.25) is 4.79 Å². The van der Waals surface area contributed by atoms with Gasteiger partial charge in [-0.25, -0.2) is 4.79 Å². The first-order valence-corrected chi connectivity index (χ1v) is 6.26. The van der Waals surface area contributed by atoms with E-state index in [2.05, 4.69) is 4.98 Å². The van der Waals surface area contributed by atoms with Crippen LogP contribution in [0.25, 0.3) is 0 Å². The largest absolute Gasteiger partial charge is 0.480 e. The molecule has 18 heavy (non-hydrogen) atoms. The van der Waals surface area contributed by atoms with E-state index in [0.717, 1.165) is 12.8 Å². The van der Waals surface area contributed by atoms with Crippen molar-refractivity contribution in [2.75, 3.05) is 6.54 Å². The number of likely N-dealkylation sites (tertiary alicyclic amines) is 1. The van der Waals surface area contributed by atoms with Gasteiger partial charge in [0, 0.05) is 12.7 Å². The summed E-state index contributed by atoms with van der Waals surface area (Å²) in [6.07, 6.45) is 3.16. The predicted molar refractivity (Wildman–Crippen MR) is 66.7 cm³/mol. The van der Waals surface area contributed by atoms with Crippen molar-refractivity contribution in [3.63, 3.8) is 0 Å². The highest BCUT2D eigenvalue weighted by molar-refractivity contribution is 6.31. The third-order valence-corrected chi connectivity index (χ3v) is 3.54. The molecule has 0 radical (unpaired) electrons. The number of amides is 1. The van der Waals surface area contributed by atoms with Crippen molar-refractivity contribution in [3.05, 3.63) is 23.0 Å². The van der Waals surface area contributed by atoms with Crippen LogP contribution in [-0.2, 0) is 4.79 Å². The Balaban J connectivity index is 2.24. The molecule has 0 aromatic carbocycles. The fourth-order valence-corrected chi connectivity index (χ4v) is 2.60. The first-order valence-electron chi connectivity index (χ1n) is 5.88. The number of piperidine rings is 1. The Kier molecular flexibility index (Phi) is 3.61. The van der Waals surface area contributed by atoms with E-state index in [-0.39, 0.29) is 11.8 Å². The molecule has 98 valence electrons. The Morgan fingerprint density at radius 2 is 2.28 bits per heavy atom. The number of aliphatic carboxylic acids is 1. The number of H-pyrrole nitrogens is 1. The zero-order chi connectivity index (χ0) is 13.3. The maximum absolute atomic E-state index is 12.2. The van der Waals surface area contributed by atoms with Crippen LogP contribution in [0.15, 0.2) is 12.3 Å². The fraction of sp³-hybridized carbons (Fsp3) is 0.500. The highest BCUT2D eigenvalue weighted by Crippen LogP contribution is 2.25. The summed E-state index contributed by atoms with van der Waals surface area (Å²) >= 11 is 5.75. The molecule has 2 atom stereocenters. The molecule has 1 aromatic heterocycles. The summed E-state index contributed by atoms with van der Waals surface area (Å²) in [6.45, 7) is 2.33. The van der Waals surface area contributed by atoms with Crippen LogP contribution in [0, 0.1) is 5.92 Å². The number of rotatable bonds is 2. The van der Waals surface area contributed by atoms with Gasteiger partial charge in [-0.15, -0.1) is 0 Å². The van der Waals surface area contributed by atoms with Crippen molar-refractivity contribution < 1.29 is 14.7 Å². The molecule has 1 amide bonds. The van der Waals surface area contributed by atoms with E-state index >= 15 is 0 Å². The highest BCUT2D eigenvalue weighted by Gasteiger charge is 2.37. The second-order valence-corrected chi connectivity index (χ2v) is 5.07. The zero-order valence-corrected chi connectivity index (χ0v) is 10.8. The minimum Gasteiger partial charge on any atom is -0.480 e. The molecule has 0 bridgehead atoms. The molecule has 1 aromatic rings. The average molecular weight is 271 g/mol. The molecule has 0 saturated carbocycles. The second kappa shape index (κ2) is 5.02. The summed E-state index contributed by atoms with van der Waals surface area (Å²) in [7, 11) is 0. The molecule has 1 saturated heterocycles. The number of hydrogen-bond donors (Lipinski definition) is 2. The fourth-order valence-electron chi connectivity index (χ4n) is 2.44. The molecule has 1 aliphatic heterocycles. The molecule has 0 aliphatic carbocycles. The van der Waals surface area contributed by atoms with Gasteiger partial charge in [0.2, 0.25) is 0 Å². The Hall–Kier alpha value is -1.49. The van der Waals surface area contributed by atoms with E-state index in [0.29, 0.717) is 17.3 Å². The van der Waals surface area contributed by atoms with E-state index in [1.54, 1.807) is 0 Å². The third-order valence-electron chi connectivity index (χ3n) is 3.33.